The average Bonchev–Trinajstić information content (AvgIpc) is 3.09. The molecule has 33 heavy (non-hydrogen) atoms. The van der Waals surface area contributed by atoms with Crippen molar-refractivity contribution < 1.29 is 27.5 Å². The van der Waals surface area contributed by atoms with Gasteiger partial charge >= 0.3 is 5.97 Å². The molecule has 0 unspecified atom stereocenters. The molecule has 2 aromatic carbocycles. The Bertz CT molecular complexity index is 1130. The van der Waals surface area contributed by atoms with Crippen LogP contribution in [0, 0.1) is 6.92 Å². The van der Waals surface area contributed by atoms with E-state index < -0.39 is 28.5 Å². The first-order valence-electron chi connectivity index (χ1n) is 10.6. The number of hydrogen-bond acceptors (Lipinski definition) is 6. The Morgan fingerprint density at radius 2 is 1.76 bits per heavy atom. The van der Waals surface area contributed by atoms with Gasteiger partial charge in [0.25, 0.3) is 5.91 Å². The molecule has 0 bridgehead atoms. The highest BCUT2D eigenvalue weighted by Gasteiger charge is 2.27. The number of hydrogen-bond donors (Lipinski definition) is 1. The van der Waals surface area contributed by atoms with E-state index in [0.29, 0.717) is 23.8 Å². The van der Waals surface area contributed by atoms with Gasteiger partial charge in [0.15, 0.2) is 6.61 Å². The molecule has 0 spiro atoms. The quantitative estimate of drug-likeness (QED) is 0.583. The molecular weight excluding hydrogens is 468 g/mol. The van der Waals surface area contributed by atoms with E-state index in [1.807, 2.05) is 6.92 Å². The molecule has 0 aromatic heterocycles. The van der Waals surface area contributed by atoms with Crippen LogP contribution < -0.4 is 10.1 Å². The van der Waals surface area contributed by atoms with Gasteiger partial charge in [0.1, 0.15) is 11.3 Å². The number of aryl methyl sites for hydroxylation is 1. The highest BCUT2D eigenvalue weighted by Crippen LogP contribution is 2.27. The fourth-order valence-corrected chi connectivity index (χ4v) is 5.38. The number of nitrogens with one attached hydrogen (secondary N) is 1. The van der Waals surface area contributed by atoms with Crippen LogP contribution in [0.5, 0.6) is 5.75 Å². The van der Waals surface area contributed by atoms with E-state index >= 15 is 0 Å². The van der Waals surface area contributed by atoms with Crippen molar-refractivity contribution in [2.24, 2.45) is 0 Å². The summed E-state index contributed by atoms with van der Waals surface area (Å²) in [5.74, 6) is -1.30. The zero-order valence-corrected chi connectivity index (χ0v) is 20.2. The van der Waals surface area contributed by atoms with Gasteiger partial charge in [0.2, 0.25) is 10.0 Å². The van der Waals surface area contributed by atoms with Crippen molar-refractivity contribution >= 4 is 39.2 Å². The first kappa shape index (κ1) is 25.0. The average molecular weight is 495 g/mol. The van der Waals surface area contributed by atoms with Crippen molar-refractivity contribution in [1.29, 1.82) is 0 Å². The molecule has 1 aliphatic heterocycles. The molecule has 0 atom stereocenters. The maximum atomic E-state index is 13.1. The van der Waals surface area contributed by atoms with E-state index in [-0.39, 0.29) is 16.2 Å². The fourth-order valence-electron chi connectivity index (χ4n) is 3.55. The highest BCUT2D eigenvalue weighted by atomic mass is 35.5. The van der Waals surface area contributed by atoms with Gasteiger partial charge in [-0.1, -0.05) is 30.5 Å². The minimum atomic E-state index is -3.77. The maximum Gasteiger partial charge on any atom is 0.342 e. The van der Waals surface area contributed by atoms with Crippen LogP contribution in [0.4, 0.5) is 5.69 Å². The number of halogens is 1. The number of rotatable bonds is 7. The summed E-state index contributed by atoms with van der Waals surface area (Å²) in [7, 11) is -2.41. The molecule has 8 nitrogen and oxygen atoms in total. The van der Waals surface area contributed by atoms with Crippen LogP contribution >= 0.6 is 11.6 Å². The number of ether oxygens (including phenoxy) is 2. The number of amides is 1. The molecule has 2 aromatic rings. The third kappa shape index (κ3) is 6.25. The molecule has 0 saturated carbocycles. The number of esters is 1. The van der Waals surface area contributed by atoms with E-state index in [9.17, 15) is 18.0 Å². The van der Waals surface area contributed by atoms with Crippen LogP contribution in [0.15, 0.2) is 41.3 Å². The summed E-state index contributed by atoms with van der Waals surface area (Å²) in [6.07, 6.45) is 3.57. The van der Waals surface area contributed by atoms with E-state index in [2.05, 4.69) is 5.32 Å². The third-order valence-corrected chi connectivity index (χ3v) is 7.53. The predicted octanol–water partition coefficient (Wildman–Crippen LogP) is 4.02. The normalized spacial score (nSPS) is 14.9. The Hall–Kier alpha value is -2.62. The van der Waals surface area contributed by atoms with E-state index in [1.54, 1.807) is 18.2 Å². The van der Waals surface area contributed by atoms with Crippen LogP contribution in [-0.4, -0.2) is 51.4 Å². The lowest BCUT2D eigenvalue weighted by Gasteiger charge is -2.20. The molecule has 1 amide bonds. The number of carbonyl (C=O) groups excluding carboxylic acids is 2. The molecule has 10 heteroatoms. The minimum absolute atomic E-state index is 0.0203. The van der Waals surface area contributed by atoms with Crippen molar-refractivity contribution in [1.82, 2.24) is 4.31 Å². The second-order valence-corrected chi connectivity index (χ2v) is 10.1. The summed E-state index contributed by atoms with van der Waals surface area (Å²) in [5, 5.41) is 2.94. The monoisotopic (exact) mass is 494 g/mol. The fraction of sp³-hybridized carbons (Fsp3) is 0.391. The number of carbonyl (C=O) groups is 2. The third-order valence-electron chi connectivity index (χ3n) is 5.33. The topological polar surface area (TPSA) is 102 Å². The summed E-state index contributed by atoms with van der Waals surface area (Å²) >= 11 is 6.11. The zero-order valence-electron chi connectivity index (χ0n) is 18.6. The Kier molecular flexibility index (Phi) is 8.34. The number of methoxy groups -OCH3 is 1. The summed E-state index contributed by atoms with van der Waals surface area (Å²) in [6, 6.07) is 9.18. The second-order valence-electron chi connectivity index (χ2n) is 7.79. The molecule has 1 N–H and O–H groups in total. The lowest BCUT2D eigenvalue weighted by molar-refractivity contribution is -0.119. The van der Waals surface area contributed by atoms with E-state index in [4.69, 9.17) is 21.1 Å². The molecule has 1 saturated heterocycles. The molecule has 3 rings (SSSR count). The first-order chi connectivity index (χ1) is 15.7. The van der Waals surface area contributed by atoms with Crippen molar-refractivity contribution in [2.45, 2.75) is 37.5 Å². The van der Waals surface area contributed by atoms with Crippen molar-refractivity contribution in [3.63, 3.8) is 0 Å². The summed E-state index contributed by atoms with van der Waals surface area (Å²) in [6.45, 7) is 2.18. The Morgan fingerprint density at radius 3 is 2.39 bits per heavy atom. The van der Waals surface area contributed by atoms with Gasteiger partial charge in [0, 0.05) is 13.1 Å². The summed E-state index contributed by atoms with van der Waals surface area (Å²) < 4.78 is 38.0. The molecule has 1 aliphatic rings. The Morgan fingerprint density at radius 1 is 1.06 bits per heavy atom. The number of benzene rings is 2. The zero-order chi connectivity index (χ0) is 24.0. The van der Waals surface area contributed by atoms with Gasteiger partial charge in [-0.2, -0.15) is 4.31 Å². The van der Waals surface area contributed by atoms with E-state index in [0.717, 1.165) is 31.2 Å². The van der Waals surface area contributed by atoms with Gasteiger partial charge in [-0.15, -0.1) is 0 Å². The molecule has 1 fully saturated rings. The minimum Gasteiger partial charge on any atom is -0.496 e. The Balaban J connectivity index is 1.73. The number of nitrogens with zero attached hydrogens (tertiary/aromatic N) is 1. The molecule has 178 valence electrons. The van der Waals surface area contributed by atoms with Crippen molar-refractivity contribution in [2.75, 3.05) is 32.1 Å². The molecule has 1 heterocycles. The van der Waals surface area contributed by atoms with Crippen molar-refractivity contribution in [3.8, 4) is 5.75 Å². The van der Waals surface area contributed by atoms with Crippen LogP contribution in [0.1, 0.15) is 41.6 Å². The lowest BCUT2D eigenvalue weighted by atomic mass is 10.2. The highest BCUT2D eigenvalue weighted by molar-refractivity contribution is 7.89. The SMILES string of the molecule is COc1ccc(S(=O)(=O)N2CCCCCC2)cc1C(=O)OCC(=O)Nc1ccc(C)cc1Cl. The molecule has 0 radical (unpaired) electrons. The second kappa shape index (κ2) is 11.0. The van der Waals surface area contributed by atoms with Gasteiger partial charge in [0.05, 0.1) is 22.7 Å². The first-order valence-corrected chi connectivity index (χ1v) is 12.5. The van der Waals surface area contributed by atoms with Crippen molar-refractivity contribution in [3.05, 3.63) is 52.5 Å². The van der Waals surface area contributed by atoms with Gasteiger partial charge in [-0.3, -0.25) is 4.79 Å². The van der Waals surface area contributed by atoms with Crippen LogP contribution in [0.2, 0.25) is 5.02 Å². The number of sulfonamides is 1. The van der Waals surface area contributed by atoms with Crippen LogP contribution in [0.3, 0.4) is 0 Å². The lowest BCUT2D eigenvalue weighted by Crippen LogP contribution is -2.32. The predicted molar refractivity (Wildman–Crippen MR) is 125 cm³/mol. The maximum absolute atomic E-state index is 13.1. The largest absolute Gasteiger partial charge is 0.496 e. The summed E-state index contributed by atoms with van der Waals surface area (Å²) in [4.78, 5) is 24.9. The van der Waals surface area contributed by atoms with Gasteiger partial charge in [-0.05, 0) is 55.7 Å². The van der Waals surface area contributed by atoms with Gasteiger partial charge < -0.3 is 14.8 Å². The number of anilines is 1. The standard InChI is InChI=1S/C23H27ClN2O6S/c1-16-7-9-20(19(24)13-16)25-22(27)15-32-23(28)18-14-17(8-10-21(18)31-2)33(29,30)26-11-5-3-4-6-12-26/h7-10,13-14H,3-6,11-12,15H2,1-2H3,(H,25,27). The van der Waals surface area contributed by atoms with Gasteiger partial charge in [-0.25, -0.2) is 13.2 Å². The van der Waals surface area contributed by atoms with Crippen LogP contribution in [0.25, 0.3) is 0 Å². The molecule has 0 aliphatic carbocycles. The van der Waals surface area contributed by atoms with Crippen LogP contribution in [-0.2, 0) is 19.6 Å². The smallest absolute Gasteiger partial charge is 0.342 e. The molecular formula is C23H27ClN2O6S. The Labute approximate surface area is 198 Å². The van der Waals surface area contributed by atoms with E-state index in [1.165, 1.54) is 29.6 Å². The summed E-state index contributed by atoms with van der Waals surface area (Å²) in [5.41, 5.74) is 1.26.